The summed E-state index contributed by atoms with van der Waals surface area (Å²) in [4.78, 5) is 16.9. The zero-order chi connectivity index (χ0) is 14.8. The second-order valence-corrected chi connectivity index (χ2v) is 7.27. The van der Waals surface area contributed by atoms with Gasteiger partial charge in [-0.1, -0.05) is 6.07 Å². The smallest absolute Gasteiger partial charge is 0.233 e. The van der Waals surface area contributed by atoms with E-state index in [-0.39, 0.29) is 5.91 Å². The number of nitrogens with zero attached hydrogens (tertiary/aromatic N) is 1. The summed E-state index contributed by atoms with van der Waals surface area (Å²) >= 11 is 3.37. The zero-order valence-electron chi connectivity index (χ0n) is 12.0. The molecule has 0 saturated heterocycles. The van der Waals surface area contributed by atoms with Crippen LogP contribution < -0.4 is 5.73 Å². The number of thioether (sulfide) groups is 1. The lowest BCUT2D eigenvalue weighted by Gasteiger charge is -2.27. The maximum atomic E-state index is 12.4. The highest BCUT2D eigenvalue weighted by molar-refractivity contribution is 8.00. The van der Waals surface area contributed by atoms with Gasteiger partial charge in [-0.25, -0.2) is 0 Å². The summed E-state index contributed by atoms with van der Waals surface area (Å²) < 4.78 is 0. The topological polar surface area (TPSA) is 46.3 Å². The summed E-state index contributed by atoms with van der Waals surface area (Å²) in [7, 11) is 0. The number of aryl methyl sites for hydroxylation is 1. The van der Waals surface area contributed by atoms with Gasteiger partial charge in [0, 0.05) is 28.5 Å². The molecule has 0 bridgehead atoms. The van der Waals surface area contributed by atoms with Gasteiger partial charge in [-0.15, -0.1) is 23.1 Å². The van der Waals surface area contributed by atoms with Gasteiger partial charge < -0.3 is 10.6 Å². The number of hydrogen-bond acceptors (Lipinski definition) is 4. The lowest BCUT2D eigenvalue weighted by molar-refractivity contribution is -0.129. The first-order valence-electron chi connectivity index (χ1n) is 6.95. The van der Waals surface area contributed by atoms with Gasteiger partial charge in [0.05, 0.1) is 5.75 Å². The number of carbonyl (C=O) groups excluding carboxylic acids is 1. The fraction of sp³-hybridized carbons (Fsp3) is 0.312. The molecule has 2 N–H and O–H groups in total. The Kier molecular flexibility index (Phi) is 4.22. The van der Waals surface area contributed by atoms with Gasteiger partial charge in [0.2, 0.25) is 5.91 Å². The summed E-state index contributed by atoms with van der Waals surface area (Å²) in [5.74, 6) is 0.683. The average Bonchev–Trinajstić information content (AvgIpc) is 2.95. The largest absolute Gasteiger partial charge is 0.399 e. The lowest BCUT2D eigenvalue weighted by Crippen LogP contribution is -2.36. The van der Waals surface area contributed by atoms with Gasteiger partial charge in [-0.05, 0) is 48.1 Å². The van der Waals surface area contributed by atoms with Gasteiger partial charge in [0.1, 0.15) is 0 Å². The van der Waals surface area contributed by atoms with Crippen molar-refractivity contribution in [3.8, 4) is 0 Å². The average molecular weight is 318 g/mol. The Morgan fingerprint density at radius 2 is 2.29 bits per heavy atom. The van der Waals surface area contributed by atoms with E-state index in [2.05, 4.69) is 11.4 Å². The number of fused-ring (bicyclic) bond motifs is 1. The maximum absolute atomic E-state index is 12.4. The van der Waals surface area contributed by atoms with E-state index in [1.807, 2.05) is 30.0 Å². The molecular weight excluding hydrogens is 300 g/mol. The van der Waals surface area contributed by atoms with Gasteiger partial charge in [-0.3, -0.25) is 4.79 Å². The van der Waals surface area contributed by atoms with Crippen LogP contribution in [0.5, 0.6) is 0 Å². The molecule has 2 aromatic rings. The summed E-state index contributed by atoms with van der Waals surface area (Å²) in [6.07, 6.45) is 0.987. The summed E-state index contributed by atoms with van der Waals surface area (Å²) in [5.41, 5.74) is 9.03. The second kappa shape index (κ2) is 6.12. The first-order chi connectivity index (χ1) is 10.1. The summed E-state index contributed by atoms with van der Waals surface area (Å²) in [5, 5.41) is 2.11. The van der Waals surface area contributed by atoms with Crippen molar-refractivity contribution in [2.24, 2.45) is 0 Å². The Morgan fingerprint density at radius 3 is 3.14 bits per heavy atom. The van der Waals surface area contributed by atoms with Gasteiger partial charge in [0.15, 0.2) is 0 Å². The Hall–Kier alpha value is -1.46. The van der Waals surface area contributed by atoms with Crippen LogP contribution in [-0.4, -0.2) is 23.1 Å². The number of nitrogens with two attached hydrogens (primary N) is 1. The van der Waals surface area contributed by atoms with Crippen LogP contribution in [0.2, 0.25) is 0 Å². The molecule has 0 aliphatic carbocycles. The standard InChI is InChI=1S/C16H18N2OS2/c1-11-2-3-13(17)8-15(11)21-10-16(19)18-6-4-14-12(9-18)5-7-20-14/h2-3,5,7-8H,4,6,9-10,17H2,1H3. The molecular formula is C16H18N2OS2. The van der Waals surface area contributed by atoms with Gasteiger partial charge >= 0.3 is 0 Å². The van der Waals surface area contributed by atoms with E-state index < -0.39 is 0 Å². The Bertz CT molecular complexity index is 666. The summed E-state index contributed by atoms with van der Waals surface area (Å²) in [6, 6.07) is 7.97. The highest BCUT2D eigenvalue weighted by atomic mass is 32.2. The molecule has 0 saturated carbocycles. The van der Waals surface area contributed by atoms with Crippen LogP contribution in [-0.2, 0) is 17.8 Å². The van der Waals surface area contributed by atoms with E-state index >= 15 is 0 Å². The molecule has 3 rings (SSSR count). The number of benzene rings is 1. The Balaban J connectivity index is 1.61. The van der Waals surface area contributed by atoms with Crippen LogP contribution in [0.15, 0.2) is 34.5 Å². The summed E-state index contributed by atoms with van der Waals surface area (Å²) in [6.45, 7) is 3.64. The van der Waals surface area contributed by atoms with Crippen LogP contribution in [0.4, 0.5) is 5.69 Å². The molecule has 110 valence electrons. The highest BCUT2D eigenvalue weighted by Crippen LogP contribution is 2.27. The van der Waals surface area contributed by atoms with Crippen molar-refractivity contribution in [1.29, 1.82) is 0 Å². The molecule has 0 radical (unpaired) electrons. The lowest BCUT2D eigenvalue weighted by atomic mass is 10.1. The fourth-order valence-electron chi connectivity index (χ4n) is 2.46. The second-order valence-electron chi connectivity index (χ2n) is 5.25. The third kappa shape index (κ3) is 3.24. The number of thiophene rings is 1. The molecule has 0 unspecified atom stereocenters. The van der Waals surface area contributed by atoms with E-state index in [4.69, 9.17) is 5.73 Å². The SMILES string of the molecule is Cc1ccc(N)cc1SCC(=O)N1CCc2sccc2C1. The molecule has 0 spiro atoms. The molecule has 0 fully saturated rings. The van der Waals surface area contributed by atoms with Crippen LogP contribution in [0.3, 0.4) is 0 Å². The van der Waals surface area contributed by atoms with Crippen molar-refractivity contribution in [2.45, 2.75) is 24.8 Å². The third-order valence-corrected chi connectivity index (χ3v) is 5.89. The van der Waals surface area contributed by atoms with Crippen molar-refractivity contribution < 1.29 is 4.79 Å². The molecule has 2 heterocycles. The fourth-order valence-corrected chi connectivity index (χ4v) is 4.33. The quantitative estimate of drug-likeness (QED) is 0.697. The van der Waals surface area contributed by atoms with Gasteiger partial charge in [0.25, 0.3) is 0 Å². The number of nitrogen functional groups attached to an aromatic ring is 1. The van der Waals surface area contributed by atoms with E-state index in [0.29, 0.717) is 5.75 Å². The maximum Gasteiger partial charge on any atom is 0.233 e. The number of rotatable bonds is 3. The van der Waals surface area contributed by atoms with E-state index in [1.54, 1.807) is 23.1 Å². The van der Waals surface area contributed by atoms with Crippen LogP contribution in [0.25, 0.3) is 0 Å². The van der Waals surface area contributed by atoms with Crippen molar-refractivity contribution in [2.75, 3.05) is 18.0 Å². The monoisotopic (exact) mass is 318 g/mol. The minimum Gasteiger partial charge on any atom is -0.399 e. The van der Waals surface area contributed by atoms with Crippen molar-refractivity contribution >= 4 is 34.7 Å². The van der Waals surface area contributed by atoms with E-state index in [0.717, 1.165) is 30.1 Å². The van der Waals surface area contributed by atoms with Crippen LogP contribution in [0.1, 0.15) is 16.0 Å². The third-order valence-electron chi connectivity index (χ3n) is 3.72. The van der Waals surface area contributed by atoms with Gasteiger partial charge in [-0.2, -0.15) is 0 Å². The molecule has 21 heavy (non-hydrogen) atoms. The molecule has 1 amide bonds. The van der Waals surface area contributed by atoms with E-state index in [9.17, 15) is 4.79 Å². The van der Waals surface area contributed by atoms with Crippen molar-refractivity contribution in [3.63, 3.8) is 0 Å². The molecule has 1 aliphatic heterocycles. The minimum absolute atomic E-state index is 0.207. The van der Waals surface area contributed by atoms with Crippen molar-refractivity contribution in [1.82, 2.24) is 4.90 Å². The Labute approximate surface area is 133 Å². The molecule has 5 heteroatoms. The van der Waals surface area contributed by atoms with Crippen LogP contribution >= 0.6 is 23.1 Å². The zero-order valence-corrected chi connectivity index (χ0v) is 13.6. The normalized spacial score (nSPS) is 14.0. The van der Waals surface area contributed by atoms with E-state index in [1.165, 1.54) is 16.0 Å². The minimum atomic E-state index is 0.207. The highest BCUT2D eigenvalue weighted by Gasteiger charge is 2.21. The molecule has 1 aromatic carbocycles. The number of hydrogen-bond donors (Lipinski definition) is 1. The predicted molar refractivity (Wildman–Crippen MR) is 89.8 cm³/mol. The molecule has 1 aromatic heterocycles. The first kappa shape index (κ1) is 14.5. The number of carbonyl (C=O) groups is 1. The van der Waals surface area contributed by atoms with Crippen LogP contribution in [0, 0.1) is 6.92 Å². The molecule has 1 aliphatic rings. The molecule has 3 nitrogen and oxygen atoms in total. The predicted octanol–water partition coefficient (Wildman–Crippen LogP) is 3.32. The molecule has 0 atom stereocenters. The number of amides is 1. The Morgan fingerprint density at radius 1 is 1.43 bits per heavy atom. The first-order valence-corrected chi connectivity index (χ1v) is 8.82. The number of anilines is 1. The van der Waals surface area contributed by atoms with Crippen molar-refractivity contribution in [3.05, 3.63) is 45.6 Å².